The summed E-state index contributed by atoms with van der Waals surface area (Å²) in [4.78, 5) is 23.5. The number of non-ortho nitro benzene ring substituents is 1. The van der Waals surface area contributed by atoms with Crippen LogP contribution in [0.5, 0.6) is 5.75 Å². The van der Waals surface area contributed by atoms with E-state index in [1.165, 1.54) is 31.4 Å². The molecule has 3 aromatic rings. The molecule has 0 aliphatic heterocycles. The minimum Gasteiger partial charge on any atom is -0.495 e. The third kappa shape index (κ3) is 5.29. The Hall–Kier alpha value is -3.92. The smallest absolute Gasteiger partial charge is 0.271 e. The van der Waals surface area contributed by atoms with Crippen LogP contribution in [0.4, 0.5) is 17.1 Å². The van der Waals surface area contributed by atoms with Gasteiger partial charge in [-0.3, -0.25) is 19.2 Å². The van der Waals surface area contributed by atoms with E-state index < -0.39 is 27.4 Å². The average Bonchev–Trinajstić information content (AvgIpc) is 2.82. The number of para-hydroxylation sites is 1. The molecule has 9 nitrogen and oxygen atoms in total. The van der Waals surface area contributed by atoms with Crippen LogP contribution in [0.15, 0.2) is 77.7 Å². The molecule has 0 aliphatic rings. The molecule has 3 aromatic carbocycles. The number of rotatable bonds is 9. The molecule has 1 N–H and O–H groups in total. The topological polar surface area (TPSA) is 119 Å². The molecule has 0 saturated heterocycles. The van der Waals surface area contributed by atoms with Gasteiger partial charge in [0.2, 0.25) is 5.91 Å². The number of anilines is 2. The fourth-order valence-electron chi connectivity index (χ4n) is 3.30. The zero-order chi connectivity index (χ0) is 24.0. The average molecular weight is 470 g/mol. The fourth-order valence-corrected chi connectivity index (χ4v) is 4.78. The summed E-state index contributed by atoms with van der Waals surface area (Å²) in [7, 11) is -2.72. The fraction of sp³-hybridized carbons (Fsp3) is 0.174. The van der Waals surface area contributed by atoms with Gasteiger partial charge in [0.15, 0.2) is 0 Å². The van der Waals surface area contributed by atoms with E-state index in [9.17, 15) is 23.3 Å². The molecule has 0 aliphatic carbocycles. The van der Waals surface area contributed by atoms with E-state index in [0.29, 0.717) is 12.1 Å². The number of nitro groups is 1. The summed E-state index contributed by atoms with van der Waals surface area (Å²) >= 11 is 0. The summed E-state index contributed by atoms with van der Waals surface area (Å²) in [5.41, 5.74) is 0.955. The molecule has 33 heavy (non-hydrogen) atoms. The maximum Gasteiger partial charge on any atom is 0.271 e. The van der Waals surface area contributed by atoms with Gasteiger partial charge in [0, 0.05) is 12.1 Å². The van der Waals surface area contributed by atoms with Crippen LogP contribution in [-0.2, 0) is 21.2 Å². The normalized spacial score (nSPS) is 11.0. The van der Waals surface area contributed by atoms with E-state index >= 15 is 0 Å². The first-order chi connectivity index (χ1) is 15.8. The molecule has 172 valence electrons. The maximum absolute atomic E-state index is 13.5. The molecule has 0 bridgehead atoms. The second-order valence-electron chi connectivity index (χ2n) is 7.00. The largest absolute Gasteiger partial charge is 0.495 e. The van der Waals surface area contributed by atoms with Gasteiger partial charge in [-0.05, 0) is 36.2 Å². The Morgan fingerprint density at radius 3 is 2.36 bits per heavy atom. The maximum atomic E-state index is 13.5. The molecule has 0 atom stereocenters. The number of methoxy groups -OCH3 is 1. The summed E-state index contributed by atoms with van der Waals surface area (Å²) in [5, 5.41) is 13.7. The lowest BCUT2D eigenvalue weighted by molar-refractivity contribution is -0.384. The van der Waals surface area contributed by atoms with Crippen molar-refractivity contribution in [3.63, 3.8) is 0 Å². The van der Waals surface area contributed by atoms with Crippen molar-refractivity contribution in [1.29, 1.82) is 0 Å². The zero-order valence-electron chi connectivity index (χ0n) is 18.1. The lowest BCUT2D eigenvalue weighted by atomic mass is 10.1. The summed E-state index contributed by atoms with van der Waals surface area (Å²) in [5.74, 6) is -0.473. The molecule has 3 rings (SSSR count). The van der Waals surface area contributed by atoms with Crippen molar-refractivity contribution in [2.75, 3.05) is 23.3 Å². The minimum absolute atomic E-state index is 0.0386. The standard InChI is InChI=1S/C23H23N3O6S/c1-3-17-9-7-8-12-21(17)25(33(30,31)19-10-5-4-6-11-19)16-23(27)24-20-15-18(26(28)29)13-14-22(20)32-2/h4-15H,3,16H2,1-2H3,(H,24,27). The summed E-state index contributed by atoms with van der Waals surface area (Å²) < 4.78 is 33.2. The molecule has 0 saturated carbocycles. The number of hydrogen-bond donors (Lipinski definition) is 1. The van der Waals surface area contributed by atoms with Crippen molar-refractivity contribution < 1.29 is 22.9 Å². The molecule has 0 aromatic heterocycles. The quantitative estimate of drug-likeness (QED) is 0.374. The Labute approximate surface area is 191 Å². The molecule has 0 heterocycles. The molecular weight excluding hydrogens is 446 g/mol. The highest BCUT2D eigenvalue weighted by Crippen LogP contribution is 2.30. The van der Waals surface area contributed by atoms with E-state index in [0.717, 1.165) is 15.9 Å². The predicted octanol–water partition coefficient (Wildman–Crippen LogP) is 4.00. The first-order valence-corrected chi connectivity index (χ1v) is 11.5. The Bertz CT molecular complexity index is 1260. The SMILES string of the molecule is CCc1ccccc1N(CC(=O)Nc1cc([N+](=O)[O-])ccc1OC)S(=O)(=O)c1ccccc1. The monoisotopic (exact) mass is 469 g/mol. The second kappa shape index (κ2) is 10.1. The molecule has 0 fully saturated rings. The number of nitrogens with zero attached hydrogens (tertiary/aromatic N) is 2. The van der Waals surface area contributed by atoms with Gasteiger partial charge < -0.3 is 10.1 Å². The first-order valence-electron chi connectivity index (χ1n) is 10.1. The summed E-state index contributed by atoms with van der Waals surface area (Å²) in [6, 6.07) is 18.5. The van der Waals surface area contributed by atoms with E-state index in [1.54, 1.807) is 42.5 Å². The van der Waals surface area contributed by atoms with Crippen molar-refractivity contribution in [2.45, 2.75) is 18.2 Å². The van der Waals surface area contributed by atoms with Gasteiger partial charge in [0.25, 0.3) is 15.7 Å². The number of ether oxygens (including phenoxy) is 1. The number of carbonyl (C=O) groups excluding carboxylic acids is 1. The van der Waals surface area contributed by atoms with E-state index in [1.807, 2.05) is 6.92 Å². The number of nitrogens with one attached hydrogen (secondary N) is 1. The molecule has 0 spiro atoms. The number of sulfonamides is 1. The highest BCUT2D eigenvalue weighted by atomic mass is 32.2. The van der Waals surface area contributed by atoms with Crippen molar-refractivity contribution in [1.82, 2.24) is 0 Å². The Morgan fingerprint density at radius 1 is 1.06 bits per heavy atom. The van der Waals surface area contributed by atoms with Crippen LogP contribution in [0.3, 0.4) is 0 Å². The third-order valence-corrected chi connectivity index (χ3v) is 6.70. The predicted molar refractivity (Wildman–Crippen MR) is 125 cm³/mol. The van der Waals surface area contributed by atoms with Crippen LogP contribution >= 0.6 is 0 Å². The third-order valence-electron chi connectivity index (χ3n) is 4.93. The Kier molecular flexibility index (Phi) is 7.29. The van der Waals surface area contributed by atoms with Gasteiger partial charge >= 0.3 is 0 Å². The van der Waals surface area contributed by atoms with Crippen LogP contribution in [0, 0.1) is 10.1 Å². The van der Waals surface area contributed by atoms with E-state index in [4.69, 9.17) is 4.74 Å². The second-order valence-corrected chi connectivity index (χ2v) is 8.86. The lowest BCUT2D eigenvalue weighted by Crippen LogP contribution is -2.38. The zero-order valence-corrected chi connectivity index (χ0v) is 18.9. The van der Waals surface area contributed by atoms with Crippen LogP contribution in [-0.4, -0.2) is 32.9 Å². The lowest BCUT2D eigenvalue weighted by Gasteiger charge is -2.26. The number of carbonyl (C=O) groups is 1. The summed E-state index contributed by atoms with van der Waals surface area (Å²) in [6.45, 7) is 1.35. The molecule has 10 heteroatoms. The van der Waals surface area contributed by atoms with Gasteiger partial charge in [-0.15, -0.1) is 0 Å². The highest BCUT2D eigenvalue weighted by molar-refractivity contribution is 7.92. The van der Waals surface area contributed by atoms with E-state index in [2.05, 4.69) is 5.32 Å². The molecule has 0 unspecified atom stereocenters. The van der Waals surface area contributed by atoms with Crippen molar-refractivity contribution >= 4 is 33.0 Å². The van der Waals surface area contributed by atoms with Crippen LogP contribution in [0.1, 0.15) is 12.5 Å². The number of nitro benzene ring substituents is 1. The van der Waals surface area contributed by atoms with Gasteiger partial charge in [-0.1, -0.05) is 43.3 Å². The Balaban J connectivity index is 2.00. The Morgan fingerprint density at radius 2 is 1.73 bits per heavy atom. The minimum atomic E-state index is -4.08. The van der Waals surface area contributed by atoms with E-state index in [-0.39, 0.29) is 22.0 Å². The van der Waals surface area contributed by atoms with Crippen LogP contribution < -0.4 is 14.4 Å². The van der Waals surface area contributed by atoms with Gasteiger partial charge in [0.1, 0.15) is 12.3 Å². The number of benzene rings is 3. The number of aryl methyl sites for hydroxylation is 1. The summed E-state index contributed by atoms with van der Waals surface area (Å²) in [6.07, 6.45) is 0.553. The highest BCUT2D eigenvalue weighted by Gasteiger charge is 2.29. The van der Waals surface area contributed by atoms with Crippen LogP contribution in [0.25, 0.3) is 0 Å². The van der Waals surface area contributed by atoms with Gasteiger partial charge in [0.05, 0.1) is 28.3 Å². The van der Waals surface area contributed by atoms with Crippen molar-refractivity contribution in [3.05, 3.63) is 88.5 Å². The van der Waals surface area contributed by atoms with Crippen molar-refractivity contribution in [2.24, 2.45) is 0 Å². The van der Waals surface area contributed by atoms with Crippen LogP contribution in [0.2, 0.25) is 0 Å². The molecule has 1 amide bonds. The molecule has 0 radical (unpaired) electrons. The first kappa shape index (κ1) is 23.7. The number of amides is 1. The molecular formula is C23H23N3O6S. The van der Waals surface area contributed by atoms with Gasteiger partial charge in [-0.25, -0.2) is 8.42 Å². The van der Waals surface area contributed by atoms with Gasteiger partial charge in [-0.2, -0.15) is 0 Å². The number of hydrogen-bond acceptors (Lipinski definition) is 6. The van der Waals surface area contributed by atoms with Crippen molar-refractivity contribution in [3.8, 4) is 5.75 Å².